The fraction of sp³-hybridized carbons (Fsp3) is 0.133. The Morgan fingerprint density at radius 3 is 2.32 bits per heavy atom. The molecular weight excluding hydrogens is 242 g/mol. The lowest BCUT2D eigenvalue weighted by Gasteiger charge is -2.06. The molecule has 4 nitrogen and oxygen atoms in total. The number of hydrogen-bond acceptors (Lipinski definition) is 3. The van der Waals surface area contributed by atoms with Crippen molar-refractivity contribution in [1.82, 2.24) is 0 Å². The highest BCUT2D eigenvalue weighted by atomic mass is 16.6. The number of nitro groups is 1. The molecule has 0 aliphatic heterocycles. The van der Waals surface area contributed by atoms with Crippen molar-refractivity contribution in [1.29, 1.82) is 0 Å². The summed E-state index contributed by atoms with van der Waals surface area (Å²) in [6.07, 6.45) is 0. The molecule has 96 valence electrons. The number of carbonyl (C=O) groups excluding carboxylic acids is 1. The standard InChI is InChI=1S/C15H13NO3/c1-10-8-11(2)14(16(18)19)13(9-10)15(17)12-6-4-3-5-7-12/h3-9H,1-2H3. The highest BCUT2D eigenvalue weighted by Gasteiger charge is 2.23. The Labute approximate surface area is 110 Å². The van der Waals surface area contributed by atoms with E-state index in [0.717, 1.165) is 5.56 Å². The van der Waals surface area contributed by atoms with Crippen LogP contribution in [0, 0.1) is 24.0 Å². The van der Waals surface area contributed by atoms with Gasteiger partial charge >= 0.3 is 0 Å². The Balaban J connectivity index is 2.62. The molecule has 0 spiro atoms. The van der Waals surface area contributed by atoms with E-state index in [1.165, 1.54) is 0 Å². The minimum Gasteiger partial charge on any atom is -0.288 e. The number of nitrogens with zero attached hydrogens (tertiary/aromatic N) is 1. The summed E-state index contributed by atoms with van der Waals surface area (Å²) < 4.78 is 0. The Morgan fingerprint density at radius 1 is 1.11 bits per heavy atom. The molecule has 0 aliphatic carbocycles. The third-order valence-electron chi connectivity index (χ3n) is 2.91. The van der Waals surface area contributed by atoms with Gasteiger partial charge in [-0.2, -0.15) is 0 Å². The van der Waals surface area contributed by atoms with E-state index >= 15 is 0 Å². The van der Waals surface area contributed by atoms with Gasteiger partial charge in [-0.15, -0.1) is 0 Å². The van der Waals surface area contributed by atoms with Gasteiger partial charge in [0.15, 0.2) is 5.78 Å². The molecule has 19 heavy (non-hydrogen) atoms. The monoisotopic (exact) mass is 255 g/mol. The van der Waals surface area contributed by atoms with E-state index in [1.807, 2.05) is 6.92 Å². The summed E-state index contributed by atoms with van der Waals surface area (Å²) in [5.41, 5.74) is 1.83. The van der Waals surface area contributed by atoms with Crippen molar-refractivity contribution in [3.63, 3.8) is 0 Å². The summed E-state index contributed by atoms with van der Waals surface area (Å²) in [6, 6.07) is 11.9. The zero-order valence-corrected chi connectivity index (χ0v) is 10.7. The Morgan fingerprint density at radius 2 is 1.74 bits per heavy atom. The SMILES string of the molecule is Cc1cc(C)c([N+](=O)[O-])c(C(=O)c2ccccc2)c1. The largest absolute Gasteiger partial charge is 0.288 e. The molecule has 0 radical (unpaired) electrons. The molecule has 2 aromatic carbocycles. The van der Waals surface area contributed by atoms with Crippen molar-refractivity contribution in [2.24, 2.45) is 0 Å². The van der Waals surface area contributed by atoms with Crippen LogP contribution in [0.5, 0.6) is 0 Å². The van der Waals surface area contributed by atoms with Crippen molar-refractivity contribution in [2.45, 2.75) is 13.8 Å². The molecule has 0 aromatic heterocycles. The minimum absolute atomic E-state index is 0.112. The van der Waals surface area contributed by atoms with E-state index in [-0.39, 0.29) is 17.0 Å². The first-order valence-electron chi connectivity index (χ1n) is 5.86. The maximum atomic E-state index is 12.4. The van der Waals surface area contributed by atoms with Crippen LogP contribution in [0.15, 0.2) is 42.5 Å². The third-order valence-corrected chi connectivity index (χ3v) is 2.91. The van der Waals surface area contributed by atoms with Gasteiger partial charge < -0.3 is 0 Å². The zero-order valence-electron chi connectivity index (χ0n) is 10.7. The van der Waals surface area contributed by atoms with Gasteiger partial charge in [-0.1, -0.05) is 30.3 Å². The van der Waals surface area contributed by atoms with Gasteiger partial charge in [0.05, 0.1) is 4.92 Å². The van der Waals surface area contributed by atoms with Crippen molar-refractivity contribution in [3.05, 3.63) is 74.8 Å². The molecule has 0 fully saturated rings. The second-order valence-corrected chi connectivity index (χ2v) is 4.43. The average molecular weight is 255 g/mol. The summed E-state index contributed by atoms with van der Waals surface area (Å²) >= 11 is 0. The predicted octanol–water partition coefficient (Wildman–Crippen LogP) is 3.44. The molecule has 0 N–H and O–H groups in total. The Kier molecular flexibility index (Phi) is 3.42. The van der Waals surface area contributed by atoms with Gasteiger partial charge in [-0.3, -0.25) is 14.9 Å². The molecule has 0 amide bonds. The van der Waals surface area contributed by atoms with Gasteiger partial charge in [0, 0.05) is 11.1 Å². The van der Waals surface area contributed by atoms with Crippen LogP contribution in [-0.2, 0) is 0 Å². The molecule has 0 atom stereocenters. The van der Waals surface area contributed by atoms with Crippen molar-refractivity contribution >= 4 is 11.5 Å². The van der Waals surface area contributed by atoms with Gasteiger partial charge in [0.2, 0.25) is 0 Å². The van der Waals surface area contributed by atoms with Crippen molar-refractivity contribution < 1.29 is 9.72 Å². The maximum absolute atomic E-state index is 12.4. The topological polar surface area (TPSA) is 60.2 Å². The van der Waals surface area contributed by atoms with Crippen molar-refractivity contribution in [3.8, 4) is 0 Å². The van der Waals surface area contributed by atoms with Crippen LogP contribution in [0.4, 0.5) is 5.69 Å². The van der Waals surface area contributed by atoms with E-state index < -0.39 is 4.92 Å². The number of benzene rings is 2. The second-order valence-electron chi connectivity index (χ2n) is 4.43. The van der Waals surface area contributed by atoms with E-state index in [2.05, 4.69) is 0 Å². The van der Waals surface area contributed by atoms with Crippen LogP contribution in [-0.4, -0.2) is 10.7 Å². The zero-order chi connectivity index (χ0) is 14.0. The van der Waals surface area contributed by atoms with Crippen LogP contribution >= 0.6 is 0 Å². The molecule has 0 unspecified atom stereocenters. The highest BCUT2D eigenvalue weighted by molar-refractivity contribution is 6.11. The molecule has 0 aliphatic rings. The van der Waals surface area contributed by atoms with Gasteiger partial charge in [0.1, 0.15) is 5.56 Å². The van der Waals surface area contributed by atoms with Crippen LogP contribution in [0.2, 0.25) is 0 Å². The predicted molar refractivity (Wildman–Crippen MR) is 72.4 cm³/mol. The number of aryl methyl sites for hydroxylation is 2. The molecule has 2 rings (SSSR count). The Hall–Kier alpha value is -2.49. The Bertz CT molecular complexity index is 648. The fourth-order valence-corrected chi connectivity index (χ4v) is 2.12. The summed E-state index contributed by atoms with van der Waals surface area (Å²) in [7, 11) is 0. The van der Waals surface area contributed by atoms with Crippen molar-refractivity contribution in [2.75, 3.05) is 0 Å². The lowest BCUT2D eigenvalue weighted by atomic mass is 9.97. The van der Waals surface area contributed by atoms with Crippen LogP contribution in [0.3, 0.4) is 0 Å². The third kappa shape index (κ3) is 2.52. The van der Waals surface area contributed by atoms with E-state index in [4.69, 9.17) is 0 Å². The smallest absolute Gasteiger partial charge is 0.283 e. The lowest BCUT2D eigenvalue weighted by molar-refractivity contribution is -0.385. The van der Waals surface area contributed by atoms with Crippen LogP contribution < -0.4 is 0 Å². The molecule has 0 saturated heterocycles. The first-order valence-corrected chi connectivity index (χ1v) is 5.86. The number of nitro benzene ring substituents is 1. The molecule has 0 bridgehead atoms. The quantitative estimate of drug-likeness (QED) is 0.479. The minimum atomic E-state index is -0.495. The number of ketones is 1. The average Bonchev–Trinajstić information content (AvgIpc) is 2.37. The molecule has 4 heteroatoms. The van der Waals surface area contributed by atoms with E-state index in [9.17, 15) is 14.9 Å². The first-order chi connectivity index (χ1) is 9.00. The molecule has 0 saturated carbocycles. The lowest BCUT2D eigenvalue weighted by Crippen LogP contribution is -2.07. The van der Waals surface area contributed by atoms with Gasteiger partial charge in [-0.25, -0.2) is 0 Å². The van der Waals surface area contributed by atoms with Gasteiger partial charge in [-0.05, 0) is 31.5 Å². The normalized spacial score (nSPS) is 10.2. The number of rotatable bonds is 3. The number of carbonyl (C=O) groups is 1. The molecular formula is C15H13NO3. The maximum Gasteiger partial charge on any atom is 0.283 e. The summed E-state index contributed by atoms with van der Waals surface area (Å²) in [6.45, 7) is 3.46. The van der Waals surface area contributed by atoms with Crippen LogP contribution in [0.1, 0.15) is 27.0 Å². The van der Waals surface area contributed by atoms with E-state index in [0.29, 0.717) is 11.1 Å². The highest BCUT2D eigenvalue weighted by Crippen LogP contribution is 2.27. The molecule has 0 heterocycles. The van der Waals surface area contributed by atoms with Crippen LogP contribution in [0.25, 0.3) is 0 Å². The van der Waals surface area contributed by atoms with E-state index in [1.54, 1.807) is 49.4 Å². The first kappa shape index (κ1) is 13.0. The second kappa shape index (κ2) is 5.02. The summed E-state index contributed by atoms with van der Waals surface area (Å²) in [5.74, 6) is -0.320. The summed E-state index contributed by atoms with van der Waals surface area (Å²) in [5, 5.41) is 11.1. The summed E-state index contributed by atoms with van der Waals surface area (Å²) in [4.78, 5) is 23.0. The molecule has 2 aromatic rings. The number of hydrogen-bond donors (Lipinski definition) is 0. The van der Waals surface area contributed by atoms with Gasteiger partial charge in [0.25, 0.3) is 5.69 Å². The fourth-order valence-electron chi connectivity index (χ4n) is 2.12.